The summed E-state index contributed by atoms with van der Waals surface area (Å²) in [4.78, 5) is 54.8. The predicted molar refractivity (Wildman–Crippen MR) is 110 cm³/mol. The van der Waals surface area contributed by atoms with Crippen molar-refractivity contribution in [3.05, 3.63) is 74.1 Å². The first-order valence-electron chi connectivity index (χ1n) is 9.28. The van der Waals surface area contributed by atoms with Crippen LogP contribution in [0.1, 0.15) is 34.6 Å². The van der Waals surface area contributed by atoms with E-state index in [1.807, 2.05) is 30.3 Å². The van der Waals surface area contributed by atoms with Crippen molar-refractivity contribution in [2.45, 2.75) is 26.4 Å². The van der Waals surface area contributed by atoms with Gasteiger partial charge in [0.15, 0.2) is 0 Å². The Morgan fingerprint density at radius 3 is 2.50 bits per heavy atom. The number of hydrogen-bond acceptors (Lipinski definition) is 6. The lowest BCUT2D eigenvalue weighted by atomic mass is 10.1. The number of benzene rings is 1. The maximum atomic E-state index is 13.1. The van der Waals surface area contributed by atoms with Crippen LogP contribution in [-0.4, -0.2) is 33.1 Å². The number of nitrogens with zero attached hydrogens (tertiary/aromatic N) is 3. The average molecular weight is 410 g/mol. The zero-order chi connectivity index (χ0) is 22.0. The van der Waals surface area contributed by atoms with Crippen LogP contribution in [-0.2, 0) is 23.1 Å². The SMILES string of the molecule is COC(=O)c1cc(C)nc2c1c(=O)n(CC(=O)NC(C)c1ccccc1)c(=O)n2C. The lowest BCUT2D eigenvalue weighted by Crippen LogP contribution is -2.44. The van der Waals surface area contributed by atoms with Crippen molar-refractivity contribution in [1.29, 1.82) is 0 Å². The molecule has 0 saturated heterocycles. The minimum absolute atomic E-state index is 0.00703. The van der Waals surface area contributed by atoms with Crippen molar-refractivity contribution >= 4 is 22.9 Å². The summed E-state index contributed by atoms with van der Waals surface area (Å²) in [6.45, 7) is 2.95. The number of carbonyl (C=O) groups excluding carboxylic acids is 2. The maximum absolute atomic E-state index is 13.1. The van der Waals surface area contributed by atoms with Crippen LogP contribution in [0.4, 0.5) is 0 Å². The second-order valence-electron chi connectivity index (χ2n) is 6.93. The Morgan fingerprint density at radius 2 is 1.87 bits per heavy atom. The van der Waals surface area contributed by atoms with Gasteiger partial charge >= 0.3 is 11.7 Å². The van der Waals surface area contributed by atoms with E-state index >= 15 is 0 Å². The molecule has 2 heterocycles. The molecule has 0 aliphatic carbocycles. The van der Waals surface area contributed by atoms with Gasteiger partial charge in [0, 0.05) is 12.7 Å². The van der Waals surface area contributed by atoms with E-state index in [0.717, 1.165) is 14.7 Å². The molecule has 0 aliphatic heterocycles. The predicted octanol–water partition coefficient (Wildman–Crippen LogP) is 1.07. The number of aryl methyl sites for hydroxylation is 2. The van der Waals surface area contributed by atoms with E-state index in [4.69, 9.17) is 4.74 Å². The summed E-state index contributed by atoms with van der Waals surface area (Å²) >= 11 is 0. The Kier molecular flexibility index (Phi) is 5.81. The number of rotatable bonds is 5. The normalized spacial score (nSPS) is 11.9. The Balaban J connectivity index is 2.05. The lowest BCUT2D eigenvalue weighted by Gasteiger charge is -2.16. The molecule has 2 aromatic heterocycles. The molecular formula is C21H22N4O5. The number of pyridine rings is 1. The first-order chi connectivity index (χ1) is 14.2. The smallest absolute Gasteiger partial charge is 0.338 e. The molecule has 9 nitrogen and oxygen atoms in total. The quantitative estimate of drug-likeness (QED) is 0.630. The third-order valence-corrected chi connectivity index (χ3v) is 4.81. The second kappa shape index (κ2) is 8.32. The van der Waals surface area contributed by atoms with Gasteiger partial charge < -0.3 is 10.1 Å². The molecule has 1 aromatic carbocycles. The van der Waals surface area contributed by atoms with E-state index in [-0.39, 0.29) is 22.6 Å². The monoisotopic (exact) mass is 410 g/mol. The molecule has 0 radical (unpaired) electrons. The topological polar surface area (TPSA) is 112 Å². The summed E-state index contributed by atoms with van der Waals surface area (Å²) in [7, 11) is 2.63. The molecule has 3 aromatic rings. The largest absolute Gasteiger partial charge is 0.465 e. The first kappa shape index (κ1) is 21.0. The molecule has 0 aliphatic rings. The van der Waals surface area contributed by atoms with Crippen molar-refractivity contribution in [2.24, 2.45) is 7.05 Å². The van der Waals surface area contributed by atoms with E-state index in [1.54, 1.807) is 13.8 Å². The fraction of sp³-hybridized carbons (Fsp3) is 0.286. The Morgan fingerprint density at radius 1 is 1.20 bits per heavy atom. The molecule has 156 valence electrons. The number of esters is 1. The molecule has 1 amide bonds. The number of carbonyl (C=O) groups is 2. The maximum Gasteiger partial charge on any atom is 0.338 e. The van der Waals surface area contributed by atoms with Gasteiger partial charge in [0.05, 0.1) is 24.1 Å². The first-order valence-corrected chi connectivity index (χ1v) is 9.28. The molecule has 9 heteroatoms. The van der Waals surface area contributed by atoms with Crippen molar-refractivity contribution in [2.75, 3.05) is 7.11 Å². The number of nitrogens with one attached hydrogen (secondary N) is 1. The highest BCUT2D eigenvalue weighted by Crippen LogP contribution is 2.15. The summed E-state index contributed by atoms with van der Waals surface area (Å²) < 4.78 is 6.70. The third-order valence-electron chi connectivity index (χ3n) is 4.81. The van der Waals surface area contributed by atoms with Crippen molar-refractivity contribution < 1.29 is 14.3 Å². The third kappa shape index (κ3) is 3.86. The summed E-state index contributed by atoms with van der Waals surface area (Å²) in [5.74, 6) is -1.24. The molecular weight excluding hydrogens is 388 g/mol. The molecule has 1 N–H and O–H groups in total. The van der Waals surface area contributed by atoms with Crippen LogP contribution >= 0.6 is 0 Å². The highest BCUT2D eigenvalue weighted by atomic mass is 16.5. The zero-order valence-corrected chi connectivity index (χ0v) is 17.1. The van der Waals surface area contributed by atoms with Gasteiger partial charge in [-0.2, -0.15) is 0 Å². The number of fused-ring (bicyclic) bond motifs is 1. The van der Waals surface area contributed by atoms with Gasteiger partial charge in [0.2, 0.25) is 5.91 Å². The molecule has 0 bridgehead atoms. The van der Waals surface area contributed by atoms with Crippen LogP contribution in [0, 0.1) is 6.92 Å². The highest BCUT2D eigenvalue weighted by Gasteiger charge is 2.22. The van der Waals surface area contributed by atoms with E-state index in [2.05, 4.69) is 10.3 Å². The summed E-state index contributed by atoms with van der Waals surface area (Å²) in [5, 5.41) is 2.70. The van der Waals surface area contributed by atoms with Gasteiger partial charge in [0.25, 0.3) is 5.56 Å². The van der Waals surface area contributed by atoms with Gasteiger partial charge in [-0.05, 0) is 25.5 Å². The molecule has 1 unspecified atom stereocenters. The summed E-state index contributed by atoms with van der Waals surface area (Å²) in [5.41, 5.74) is -0.0960. The van der Waals surface area contributed by atoms with E-state index in [1.165, 1.54) is 20.2 Å². The molecule has 3 rings (SSSR count). The molecule has 0 spiro atoms. The Hall–Kier alpha value is -3.75. The number of methoxy groups -OCH3 is 1. The lowest BCUT2D eigenvalue weighted by molar-refractivity contribution is -0.122. The molecule has 30 heavy (non-hydrogen) atoms. The van der Waals surface area contributed by atoms with E-state index < -0.39 is 29.7 Å². The van der Waals surface area contributed by atoms with Crippen molar-refractivity contribution in [3.63, 3.8) is 0 Å². The van der Waals surface area contributed by atoms with Gasteiger partial charge in [-0.25, -0.2) is 14.6 Å². The minimum Gasteiger partial charge on any atom is -0.465 e. The fourth-order valence-corrected chi connectivity index (χ4v) is 3.27. The van der Waals surface area contributed by atoms with Gasteiger partial charge in [0.1, 0.15) is 12.2 Å². The zero-order valence-electron chi connectivity index (χ0n) is 17.1. The number of aromatic nitrogens is 3. The standard InChI is InChI=1S/C21H22N4O5/c1-12-10-15(20(28)30-4)17-18(22-12)24(3)21(29)25(19(17)27)11-16(26)23-13(2)14-8-6-5-7-9-14/h5-10,13H,11H2,1-4H3,(H,23,26). The number of ether oxygens (including phenoxy) is 1. The van der Waals surface area contributed by atoms with Crippen LogP contribution in [0.25, 0.3) is 11.0 Å². The molecule has 0 saturated carbocycles. The summed E-state index contributed by atoms with van der Waals surface area (Å²) in [6, 6.07) is 10.4. The Bertz CT molecular complexity index is 1240. The van der Waals surface area contributed by atoms with Crippen LogP contribution in [0.15, 0.2) is 46.0 Å². The van der Waals surface area contributed by atoms with Crippen molar-refractivity contribution in [3.8, 4) is 0 Å². The molecule has 1 atom stereocenters. The van der Waals surface area contributed by atoms with Crippen LogP contribution in [0.2, 0.25) is 0 Å². The van der Waals surface area contributed by atoms with Crippen LogP contribution in [0.5, 0.6) is 0 Å². The van der Waals surface area contributed by atoms with Crippen LogP contribution < -0.4 is 16.6 Å². The van der Waals surface area contributed by atoms with E-state index in [0.29, 0.717) is 5.69 Å². The van der Waals surface area contributed by atoms with Crippen molar-refractivity contribution in [1.82, 2.24) is 19.4 Å². The number of hydrogen-bond donors (Lipinski definition) is 1. The fourth-order valence-electron chi connectivity index (χ4n) is 3.27. The minimum atomic E-state index is -0.775. The molecule has 0 fully saturated rings. The highest BCUT2D eigenvalue weighted by molar-refractivity contribution is 6.02. The number of amides is 1. The van der Waals surface area contributed by atoms with Gasteiger partial charge in [-0.3, -0.25) is 18.7 Å². The van der Waals surface area contributed by atoms with Gasteiger partial charge in [-0.1, -0.05) is 30.3 Å². The Labute approximate surface area is 171 Å². The average Bonchev–Trinajstić information content (AvgIpc) is 2.74. The van der Waals surface area contributed by atoms with E-state index in [9.17, 15) is 19.2 Å². The second-order valence-corrected chi connectivity index (χ2v) is 6.93. The summed E-state index contributed by atoms with van der Waals surface area (Å²) in [6.07, 6.45) is 0. The van der Waals surface area contributed by atoms with Gasteiger partial charge in [-0.15, -0.1) is 0 Å². The van der Waals surface area contributed by atoms with Crippen LogP contribution in [0.3, 0.4) is 0 Å².